The molecule has 0 aliphatic carbocycles. The standard InChI is InChI=1S/C26H42N2O7/c1-14(2)28-23(31)17-18(24(28)32)20-22(35-26(6,7)8)21(19(17)34-20)33-16(30)11-10-15(29)27-13-9-12-25(3,4)5/h14,17-22H,9-13H2,1-8H3,(H,27,29). The van der Waals surface area contributed by atoms with E-state index in [0.29, 0.717) is 6.54 Å². The summed E-state index contributed by atoms with van der Waals surface area (Å²) in [4.78, 5) is 52.2. The number of ether oxygens (including phenoxy) is 3. The van der Waals surface area contributed by atoms with E-state index < -0.39 is 47.8 Å². The SMILES string of the molecule is CC(C)N1C(=O)C2C3OC(C(OC(C)(C)C)C3OC(=O)CCC(=O)NCCCC(C)(C)C)C2C1=O. The fourth-order valence-corrected chi connectivity index (χ4v) is 5.26. The van der Waals surface area contributed by atoms with Crippen LogP contribution >= 0.6 is 0 Å². The number of carbonyl (C=O) groups excluding carboxylic acids is 4. The molecule has 0 aromatic carbocycles. The third kappa shape index (κ3) is 6.23. The molecule has 0 radical (unpaired) electrons. The summed E-state index contributed by atoms with van der Waals surface area (Å²) in [5.41, 5.74) is -0.367. The molecule has 9 heteroatoms. The first kappa shape index (κ1) is 27.6. The average molecular weight is 495 g/mol. The fraction of sp³-hybridized carbons (Fsp3) is 0.846. The van der Waals surface area contributed by atoms with Crippen molar-refractivity contribution in [1.29, 1.82) is 0 Å². The maximum Gasteiger partial charge on any atom is 0.306 e. The minimum atomic E-state index is -0.813. The summed E-state index contributed by atoms with van der Waals surface area (Å²) in [6.45, 7) is 16.3. The van der Waals surface area contributed by atoms with Crippen LogP contribution in [0.5, 0.6) is 0 Å². The highest BCUT2D eigenvalue weighted by Gasteiger charge is 2.71. The van der Waals surface area contributed by atoms with Crippen molar-refractivity contribution in [3.05, 3.63) is 0 Å². The quantitative estimate of drug-likeness (QED) is 0.298. The molecule has 3 saturated heterocycles. The number of hydrogen-bond donors (Lipinski definition) is 1. The van der Waals surface area contributed by atoms with Crippen molar-refractivity contribution in [3.8, 4) is 0 Å². The number of hydrogen-bond acceptors (Lipinski definition) is 7. The average Bonchev–Trinajstić information content (AvgIpc) is 3.32. The number of amides is 3. The van der Waals surface area contributed by atoms with Crippen LogP contribution in [0.2, 0.25) is 0 Å². The van der Waals surface area contributed by atoms with Crippen molar-refractivity contribution < 1.29 is 33.4 Å². The van der Waals surface area contributed by atoms with Gasteiger partial charge in [0.05, 0.1) is 23.9 Å². The zero-order chi connectivity index (χ0) is 26.3. The van der Waals surface area contributed by atoms with Gasteiger partial charge < -0.3 is 19.5 Å². The molecule has 3 amide bonds. The molecule has 1 N–H and O–H groups in total. The largest absolute Gasteiger partial charge is 0.457 e. The van der Waals surface area contributed by atoms with Crippen LogP contribution in [0.4, 0.5) is 0 Å². The van der Waals surface area contributed by atoms with Crippen molar-refractivity contribution in [2.24, 2.45) is 17.3 Å². The number of likely N-dealkylation sites (tertiary alicyclic amines) is 1. The monoisotopic (exact) mass is 494 g/mol. The van der Waals surface area contributed by atoms with Gasteiger partial charge in [-0.3, -0.25) is 24.1 Å². The van der Waals surface area contributed by atoms with E-state index in [-0.39, 0.29) is 42.0 Å². The molecule has 3 rings (SSSR count). The van der Waals surface area contributed by atoms with Gasteiger partial charge in [-0.25, -0.2) is 0 Å². The number of carbonyl (C=O) groups is 4. The molecule has 3 aliphatic heterocycles. The summed E-state index contributed by atoms with van der Waals surface area (Å²) >= 11 is 0. The summed E-state index contributed by atoms with van der Waals surface area (Å²) in [5.74, 6) is -2.60. The van der Waals surface area contributed by atoms with Crippen LogP contribution < -0.4 is 5.32 Å². The highest BCUT2D eigenvalue weighted by atomic mass is 16.6. The number of fused-ring (bicyclic) bond motifs is 5. The number of nitrogens with one attached hydrogen (secondary N) is 1. The summed E-state index contributed by atoms with van der Waals surface area (Å²) in [6.07, 6.45) is -1.08. The van der Waals surface area contributed by atoms with Gasteiger partial charge in [0.15, 0.2) is 6.10 Å². The number of imide groups is 1. The van der Waals surface area contributed by atoms with E-state index in [1.165, 1.54) is 4.90 Å². The van der Waals surface area contributed by atoms with Crippen molar-refractivity contribution in [3.63, 3.8) is 0 Å². The maximum absolute atomic E-state index is 13.0. The molecule has 3 heterocycles. The molecule has 6 unspecified atom stereocenters. The zero-order valence-electron chi connectivity index (χ0n) is 22.4. The Bertz CT molecular complexity index is 842. The summed E-state index contributed by atoms with van der Waals surface area (Å²) in [7, 11) is 0. The van der Waals surface area contributed by atoms with Gasteiger partial charge in [-0.05, 0) is 52.9 Å². The van der Waals surface area contributed by atoms with E-state index in [4.69, 9.17) is 14.2 Å². The van der Waals surface area contributed by atoms with Gasteiger partial charge in [0.2, 0.25) is 17.7 Å². The molecule has 3 fully saturated rings. The van der Waals surface area contributed by atoms with Crippen LogP contribution in [0.25, 0.3) is 0 Å². The normalized spacial score (nSPS) is 30.3. The van der Waals surface area contributed by atoms with Crippen LogP contribution in [0.15, 0.2) is 0 Å². The topological polar surface area (TPSA) is 111 Å². The lowest BCUT2D eigenvalue weighted by Gasteiger charge is -2.36. The van der Waals surface area contributed by atoms with Gasteiger partial charge in [0.25, 0.3) is 0 Å². The Balaban J connectivity index is 1.61. The molecule has 0 spiro atoms. The molecule has 9 nitrogen and oxygen atoms in total. The first-order valence-corrected chi connectivity index (χ1v) is 12.8. The van der Waals surface area contributed by atoms with Gasteiger partial charge in [-0.2, -0.15) is 0 Å². The molecule has 3 aliphatic rings. The van der Waals surface area contributed by atoms with Crippen molar-refractivity contribution in [2.75, 3.05) is 6.54 Å². The highest BCUT2D eigenvalue weighted by Crippen LogP contribution is 2.51. The second kappa shape index (κ2) is 10.2. The predicted molar refractivity (Wildman–Crippen MR) is 128 cm³/mol. The zero-order valence-corrected chi connectivity index (χ0v) is 22.4. The lowest BCUT2D eigenvalue weighted by molar-refractivity contribution is -0.173. The minimum absolute atomic E-state index is 0.0193. The van der Waals surface area contributed by atoms with Crippen LogP contribution in [-0.4, -0.2) is 71.2 Å². The number of esters is 1. The number of nitrogens with zero attached hydrogens (tertiary/aromatic N) is 1. The Morgan fingerprint density at radius 3 is 2.06 bits per heavy atom. The molecule has 0 aromatic heterocycles. The fourth-order valence-electron chi connectivity index (χ4n) is 5.26. The van der Waals surface area contributed by atoms with Gasteiger partial charge in [-0.1, -0.05) is 20.8 Å². The van der Waals surface area contributed by atoms with Crippen molar-refractivity contribution >= 4 is 23.7 Å². The Kier molecular flexibility index (Phi) is 8.01. The minimum Gasteiger partial charge on any atom is -0.457 e. The molecule has 0 aromatic rings. The lowest BCUT2D eigenvalue weighted by atomic mass is 9.77. The van der Waals surface area contributed by atoms with E-state index >= 15 is 0 Å². The Morgan fingerprint density at radius 1 is 0.971 bits per heavy atom. The highest BCUT2D eigenvalue weighted by molar-refractivity contribution is 6.06. The first-order valence-electron chi connectivity index (χ1n) is 12.8. The smallest absolute Gasteiger partial charge is 0.306 e. The van der Waals surface area contributed by atoms with E-state index in [0.717, 1.165) is 12.8 Å². The van der Waals surface area contributed by atoms with E-state index in [9.17, 15) is 19.2 Å². The summed E-state index contributed by atoms with van der Waals surface area (Å²) in [5, 5.41) is 2.84. The Hall–Kier alpha value is -2.00. The lowest BCUT2D eigenvalue weighted by Crippen LogP contribution is -2.52. The number of rotatable bonds is 9. The third-order valence-corrected chi connectivity index (χ3v) is 6.68. The van der Waals surface area contributed by atoms with Gasteiger partial charge in [0.1, 0.15) is 18.3 Å². The molecule has 2 bridgehead atoms. The van der Waals surface area contributed by atoms with E-state index in [2.05, 4.69) is 26.1 Å². The molecular weight excluding hydrogens is 452 g/mol. The van der Waals surface area contributed by atoms with Crippen LogP contribution in [0, 0.1) is 17.3 Å². The third-order valence-electron chi connectivity index (χ3n) is 6.68. The molecule has 6 atom stereocenters. The van der Waals surface area contributed by atoms with Crippen LogP contribution in [-0.2, 0) is 33.4 Å². The van der Waals surface area contributed by atoms with Gasteiger partial charge in [-0.15, -0.1) is 0 Å². The van der Waals surface area contributed by atoms with E-state index in [1.807, 2.05) is 20.8 Å². The van der Waals surface area contributed by atoms with Crippen molar-refractivity contribution in [1.82, 2.24) is 10.2 Å². The second-order valence-corrected chi connectivity index (χ2v) is 12.4. The summed E-state index contributed by atoms with van der Waals surface area (Å²) < 4.78 is 18.0. The van der Waals surface area contributed by atoms with Crippen LogP contribution in [0.3, 0.4) is 0 Å². The van der Waals surface area contributed by atoms with Gasteiger partial charge >= 0.3 is 5.97 Å². The first-order chi connectivity index (χ1) is 16.1. The second-order valence-electron chi connectivity index (χ2n) is 12.4. The van der Waals surface area contributed by atoms with Crippen molar-refractivity contribution in [2.45, 2.75) is 117 Å². The predicted octanol–water partition coefficient (Wildman–Crippen LogP) is 2.60. The summed E-state index contributed by atoms with van der Waals surface area (Å²) in [6, 6.07) is -0.259. The van der Waals surface area contributed by atoms with E-state index in [1.54, 1.807) is 13.8 Å². The maximum atomic E-state index is 13.0. The molecule has 198 valence electrons. The molecular formula is C26H42N2O7. The van der Waals surface area contributed by atoms with Gasteiger partial charge in [0, 0.05) is 19.0 Å². The Morgan fingerprint density at radius 2 is 1.54 bits per heavy atom. The molecule has 35 heavy (non-hydrogen) atoms. The Labute approximate surface area is 208 Å². The van der Waals surface area contributed by atoms with Crippen LogP contribution in [0.1, 0.15) is 81.1 Å². The molecule has 0 saturated carbocycles.